The number of rotatable bonds is 3. The smallest absolute Gasteiger partial charge is 0.255 e. The fraction of sp³-hybridized carbons (Fsp3) is 0.478. The van der Waals surface area contributed by atoms with Gasteiger partial charge in [-0.2, -0.15) is 0 Å². The van der Waals surface area contributed by atoms with Crippen LogP contribution in [0.4, 0.5) is 0 Å². The second kappa shape index (κ2) is 7.34. The zero-order chi connectivity index (χ0) is 20.8. The average Bonchev–Trinajstić information content (AvgIpc) is 3.02. The molecule has 1 N–H and O–H groups in total. The monoisotopic (exact) mass is 396 g/mol. The molecule has 2 aliphatic heterocycles. The highest BCUT2D eigenvalue weighted by atomic mass is 16.5. The van der Waals surface area contributed by atoms with Gasteiger partial charge in [-0.25, -0.2) is 0 Å². The first-order valence-corrected chi connectivity index (χ1v) is 10.2. The molecule has 3 heterocycles. The average molecular weight is 396 g/mol. The number of likely N-dealkylation sites (tertiary alicyclic amines) is 1. The Kier molecular flexibility index (Phi) is 4.99. The fourth-order valence-electron chi connectivity index (χ4n) is 4.95. The lowest BCUT2D eigenvalue weighted by molar-refractivity contribution is -0.0946. The highest BCUT2D eigenvalue weighted by molar-refractivity contribution is 6.02. The van der Waals surface area contributed by atoms with Crippen molar-refractivity contribution in [3.8, 4) is 5.75 Å². The van der Waals surface area contributed by atoms with Gasteiger partial charge in [0.15, 0.2) is 5.78 Å². The van der Waals surface area contributed by atoms with Gasteiger partial charge in [-0.3, -0.25) is 9.59 Å². The molecule has 1 aromatic carbocycles. The van der Waals surface area contributed by atoms with Crippen molar-refractivity contribution in [2.45, 2.75) is 45.6 Å². The van der Waals surface area contributed by atoms with Crippen LogP contribution in [0.15, 0.2) is 18.2 Å². The molecule has 1 saturated heterocycles. The number of Topliss-reactive ketones (excluding diaryl/α,β-unsaturated/α-hetero) is 1. The van der Waals surface area contributed by atoms with Gasteiger partial charge in [0.05, 0.1) is 25.0 Å². The van der Waals surface area contributed by atoms with E-state index in [4.69, 9.17) is 9.47 Å². The Bertz CT molecular complexity index is 953. The fourth-order valence-corrected chi connectivity index (χ4v) is 4.95. The molecule has 0 bridgehead atoms. The van der Waals surface area contributed by atoms with Crippen LogP contribution in [0, 0.1) is 13.8 Å². The SMILES string of the molecule is COc1cccc2c1C1(CCN(C(=O)c3c(C)[nH]c(C(C)=O)c3C)CC1)OCC2. The predicted molar refractivity (Wildman–Crippen MR) is 110 cm³/mol. The molecule has 4 rings (SSSR count). The molecular weight excluding hydrogens is 368 g/mol. The van der Waals surface area contributed by atoms with Crippen LogP contribution in [0.25, 0.3) is 0 Å². The summed E-state index contributed by atoms with van der Waals surface area (Å²) in [7, 11) is 1.70. The summed E-state index contributed by atoms with van der Waals surface area (Å²) in [5, 5.41) is 0. The van der Waals surface area contributed by atoms with Crippen LogP contribution in [0.1, 0.15) is 63.0 Å². The van der Waals surface area contributed by atoms with Crippen LogP contribution in [0.2, 0.25) is 0 Å². The van der Waals surface area contributed by atoms with Crippen molar-refractivity contribution in [1.29, 1.82) is 0 Å². The second-order valence-corrected chi connectivity index (χ2v) is 8.06. The number of nitrogens with zero attached hydrogens (tertiary/aromatic N) is 1. The lowest BCUT2D eigenvalue weighted by atomic mass is 9.78. The van der Waals surface area contributed by atoms with Crippen molar-refractivity contribution in [3.05, 3.63) is 51.8 Å². The summed E-state index contributed by atoms with van der Waals surface area (Å²) < 4.78 is 12.0. The van der Waals surface area contributed by atoms with Crippen LogP contribution >= 0.6 is 0 Å². The van der Waals surface area contributed by atoms with E-state index in [1.165, 1.54) is 12.5 Å². The molecule has 29 heavy (non-hydrogen) atoms. The molecule has 0 aliphatic carbocycles. The maximum Gasteiger partial charge on any atom is 0.255 e. The standard InChI is InChI=1S/C23H28N2O4/c1-14-19(15(2)24-21(14)16(3)26)22(27)25-11-9-23(10-12-25)20-17(8-13-29-23)6-5-7-18(20)28-4/h5-7,24H,8-13H2,1-4H3. The van der Waals surface area contributed by atoms with E-state index in [2.05, 4.69) is 11.1 Å². The van der Waals surface area contributed by atoms with Gasteiger partial charge in [-0.05, 0) is 50.3 Å². The molecule has 0 unspecified atom stereocenters. The van der Waals surface area contributed by atoms with Crippen molar-refractivity contribution in [2.24, 2.45) is 0 Å². The topological polar surface area (TPSA) is 71.6 Å². The molecule has 1 fully saturated rings. The number of fused-ring (bicyclic) bond motifs is 2. The van der Waals surface area contributed by atoms with Crippen molar-refractivity contribution >= 4 is 11.7 Å². The number of aryl methyl sites for hydroxylation is 1. The number of hydrogen-bond acceptors (Lipinski definition) is 4. The third kappa shape index (κ3) is 3.15. The first-order chi connectivity index (χ1) is 13.9. The van der Waals surface area contributed by atoms with E-state index in [1.54, 1.807) is 7.11 Å². The molecule has 1 amide bonds. The van der Waals surface area contributed by atoms with Crippen molar-refractivity contribution in [3.63, 3.8) is 0 Å². The number of piperidine rings is 1. The van der Waals surface area contributed by atoms with E-state index in [9.17, 15) is 9.59 Å². The predicted octanol–water partition coefficient (Wildman–Crippen LogP) is 3.55. The molecule has 0 saturated carbocycles. The largest absolute Gasteiger partial charge is 0.496 e. The first-order valence-electron chi connectivity index (χ1n) is 10.2. The van der Waals surface area contributed by atoms with Gasteiger partial charge >= 0.3 is 0 Å². The molecule has 2 aliphatic rings. The van der Waals surface area contributed by atoms with E-state index in [0.717, 1.165) is 41.8 Å². The molecular formula is C23H28N2O4. The highest BCUT2D eigenvalue weighted by Gasteiger charge is 2.44. The maximum absolute atomic E-state index is 13.2. The number of nitrogens with one attached hydrogen (secondary N) is 1. The number of aromatic amines is 1. The molecule has 1 spiro atoms. The number of methoxy groups -OCH3 is 1. The summed E-state index contributed by atoms with van der Waals surface area (Å²) >= 11 is 0. The summed E-state index contributed by atoms with van der Waals surface area (Å²) in [6.07, 6.45) is 2.34. The zero-order valence-corrected chi connectivity index (χ0v) is 17.6. The lowest BCUT2D eigenvalue weighted by Gasteiger charge is -2.45. The Hall–Kier alpha value is -2.60. The van der Waals surface area contributed by atoms with E-state index >= 15 is 0 Å². The van der Waals surface area contributed by atoms with Gasteiger partial charge in [0.1, 0.15) is 11.4 Å². The van der Waals surface area contributed by atoms with E-state index < -0.39 is 5.60 Å². The minimum absolute atomic E-state index is 0.0188. The van der Waals surface area contributed by atoms with E-state index in [-0.39, 0.29) is 11.7 Å². The van der Waals surface area contributed by atoms with Crippen molar-refractivity contribution in [1.82, 2.24) is 9.88 Å². The maximum atomic E-state index is 13.2. The number of ether oxygens (including phenoxy) is 2. The first kappa shape index (κ1) is 19.7. The van der Waals surface area contributed by atoms with Crippen LogP contribution in [0.5, 0.6) is 5.75 Å². The molecule has 6 nitrogen and oxygen atoms in total. The minimum Gasteiger partial charge on any atom is -0.496 e. The summed E-state index contributed by atoms with van der Waals surface area (Å²) in [5.41, 5.74) is 4.65. The Labute approximate surface area is 171 Å². The number of aromatic nitrogens is 1. The number of carbonyl (C=O) groups is 2. The van der Waals surface area contributed by atoms with Crippen LogP contribution in [-0.2, 0) is 16.8 Å². The molecule has 0 atom stereocenters. The number of hydrogen-bond donors (Lipinski definition) is 1. The number of carbonyl (C=O) groups excluding carboxylic acids is 2. The third-order valence-corrected chi connectivity index (χ3v) is 6.40. The quantitative estimate of drug-likeness (QED) is 0.806. The normalized spacial score (nSPS) is 17.9. The van der Waals surface area contributed by atoms with Crippen LogP contribution in [-0.4, -0.2) is 48.4 Å². The minimum atomic E-state index is -0.399. The van der Waals surface area contributed by atoms with Gasteiger partial charge in [-0.1, -0.05) is 12.1 Å². The van der Waals surface area contributed by atoms with Gasteiger partial charge in [-0.15, -0.1) is 0 Å². The summed E-state index contributed by atoms with van der Waals surface area (Å²) in [6.45, 7) is 7.11. The van der Waals surface area contributed by atoms with Crippen molar-refractivity contribution in [2.75, 3.05) is 26.8 Å². The molecule has 154 valence electrons. The van der Waals surface area contributed by atoms with E-state index in [0.29, 0.717) is 31.0 Å². The Morgan fingerprint density at radius 1 is 1.21 bits per heavy atom. The number of ketones is 1. The van der Waals surface area contributed by atoms with Crippen LogP contribution in [0.3, 0.4) is 0 Å². The lowest BCUT2D eigenvalue weighted by Crippen LogP contribution is -2.48. The van der Waals surface area contributed by atoms with Crippen molar-refractivity contribution < 1.29 is 19.1 Å². The van der Waals surface area contributed by atoms with Gasteiger partial charge in [0, 0.05) is 31.3 Å². The second-order valence-electron chi connectivity index (χ2n) is 8.06. The highest BCUT2D eigenvalue weighted by Crippen LogP contribution is 2.46. The number of benzene rings is 1. The van der Waals surface area contributed by atoms with Gasteiger partial charge < -0.3 is 19.4 Å². The Morgan fingerprint density at radius 3 is 2.55 bits per heavy atom. The molecule has 0 radical (unpaired) electrons. The third-order valence-electron chi connectivity index (χ3n) is 6.40. The van der Waals surface area contributed by atoms with Crippen LogP contribution < -0.4 is 4.74 Å². The Morgan fingerprint density at radius 2 is 1.93 bits per heavy atom. The molecule has 2 aromatic rings. The summed E-state index contributed by atoms with van der Waals surface area (Å²) in [5.74, 6) is 0.793. The van der Waals surface area contributed by atoms with Gasteiger partial charge in [0.25, 0.3) is 5.91 Å². The zero-order valence-electron chi connectivity index (χ0n) is 17.6. The number of H-pyrrole nitrogens is 1. The van der Waals surface area contributed by atoms with Gasteiger partial charge in [0.2, 0.25) is 0 Å². The van der Waals surface area contributed by atoms with E-state index in [1.807, 2.05) is 30.9 Å². The summed E-state index contributed by atoms with van der Waals surface area (Å²) in [6, 6.07) is 6.16. The Balaban J connectivity index is 1.59. The number of amides is 1. The summed E-state index contributed by atoms with van der Waals surface area (Å²) in [4.78, 5) is 30.0. The molecule has 6 heteroatoms. The molecule has 1 aromatic heterocycles.